The average Bonchev–Trinajstić information content (AvgIpc) is 2.97. The molecular weight excluding hydrogens is 516 g/mol. The molecule has 0 amide bonds. The molecule has 40 heavy (non-hydrogen) atoms. The monoisotopic (exact) mass is 554 g/mol. The predicted molar refractivity (Wildman–Crippen MR) is 152 cm³/mol. The molecule has 0 aliphatic carbocycles. The second kappa shape index (κ2) is 14.6. The maximum atomic E-state index is 15.1. The summed E-state index contributed by atoms with van der Waals surface area (Å²) < 4.78 is 71.1. The van der Waals surface area contributed by atoms with Gasteiger partial charge in [-0.25, -0.2) is 17.6 Å². The van der Waals surface area contributed by atoms with Crippen molar-refractivity contribution < 1.29 is 27.0 Å². The first kappa shape index (κ1) is 30.0. The Morgan fingerprint density at radius 3 is 1.82 bits per heavy atom. The van der Waals surface area contributed by atoms with Crippen LogP contribution in [0.25, 0.3) is 22.3 Å². The van der Waals surface area contributed by atoms with Gasteiger partial charge in [0.25, 0.3) is 0 Å². The van der Waals surface area contributed by atoms with E-state index in [2.05, 4.69) is 6.92 Å². The van der Waals surface area contributed by atoms with Crippen LogP contribution in [0.1, 0.15) is 76.2 Å². The third kappa shape index (κ3) is 7.21. The zero-order chi connectivity index (χ0) is 28.5. The summed E-state index contributed by atoms with van der Waals surface area (Å²) in [5, 5.41) is 0. The molecule has 1 aliphatic rings. The lowest BCUT2D eigenvalue weighted by Gasteiger charge is -2.28. The fourth-order valence-electron chi connectivity index (χ4n) is 5.16. The van der Waals surface area contributed by atoms with E-state index in [9.17, 15) is 13.2 Å². The normalized spacial score (nSPS) is 17.6. The number of allylic oxidation sites excluding steroid dienone is 1. The molecule has 1 aliphatic heterocycles. The summed E-state index contributed by atoms with van der Waals surface area (Å²) in [6, 6.07) is 12.5. The third-order valence-corrected chi connectivity index (χ3v) is 7.47. The van der Waals surface area contributed by atoms with E-state index in [1.807, 2.05) is 19.1 Å². The van der Waals surface area contributed by atoms with Crippen molar-refractivity contribution in [3.05, 3.63) is 95.1 Å². The first-order valence-electron chi connectivity index (χ1n) is 14.4. The van der Waals surface area contributed by atoms with Gasteiger partial charge in [0, 0.05) is 22.6 Å². The van der Waals surface area contributed by atoms with Gasteiger partial charge >= 0.3 is 0 Å². The Bertz CT molecular complexity index is 1280. The Kier molecular flexibility index (Phi) is 11.0. The number of unbranched alkanes of at least 4 members (excludes halogenated alkanes) is 6. The second-order valence-corrected chi connectivity index (χ2v) is 10.5. The lowest BCUT2D eigenvalue weighted by atomic mass is 9.96. The van der Waals surface area contributed by atoms with Crippen molar-refractivity contribution in [2.75, 3.05) is 13.2 Å². The van der Waals surface area contributed by atoms with Crippen LogP contribution in [0.3, 0.4) is 0 Å². The highest BCUT2D eigenvalue weighted by Crippen LogP contribution is 2.34. The number of aryl methyl sites for hydroxylation is 1. The molecule has 4 rings (SSSR count). The number of hydrogen-bond acceptors (Lipinski definition) is 2. The number of hydrogen-bond donors (Lipinski definition) is 0. The van der Waals surface area contributed by atoms with E-state index in [-0.39, 0.29) is 22.6 Å². The van der Waals surface area contributed by atoms with Crippen LogP contribution < -0.4 is 0 Å². The number of ether oxygens (including phenoxy) is 2. The minimum atomic E-state index is -1.03. The fourth-order valence-corrected chi connectivity index (χ4v) is 5.16. The molecule has 0 unspecified atom stereocenters. The van der Waals surface area contributed by atoms with Gasteiger partial charge in [-0.2, -0.15) is 0 Å². The molecule has 6 heteroatoms. The highest BCUT2D eigenvalue weighted by atomic mass is 19.2. The predicted octanol–water partition coefficient (Wildman–Crippen LogP) is 10.1. The van der Waals surface area contributed by atoms with Crippen LogP contribution in [-0.4, -0.2) is 13.2 Å². The maximum Gasteiger partial charge on any atom is 0.186 e. The summed E-state index contributed by atoms with van der Waals surface area (Å²) in [6.45, 7) is 4.79. The van der Waals surface area contributed by atoms with Crippen molar-refractivity contribution in [1.82, 2.24) is 0 Å². The zero-order valence-corrected chi connectivity index (χ0v) is 23.3. The SMILES string of the molecule is C/C=C/C1COC(c2ccc(-c3ccc(-c4ccc(CCCCCCCCC)c(F)c4F)cc3)c(F)c2F)OC1. The van der Waals surface area contributed by atoms with E-state index in [1.54, 1.807) is 36.4 Å². The van der Waals surface area contributed by atoms with E-state index in [1.165, 1.54) is 37.8 Å². The standard InChI is InChI=1S/C34H38F4O2/c1-3-5-6-7-8-9-10-12-26-17-18-27(31(36)30(26)35)24-13-15-25(16-14-24)28-19-20-29(33(38)32(28)37)34-39-21-23(11-4-2)22-40-34/h4,11,13-20,23,34H,3,5-10,12,21-22H2,1-2H3/b11-4+. The molecule has 2 nitrogen and oxygen atoms in total. The van der Waals surface area contributed by atoms with Gasteiger partial charge < -0.3 is 9.47 Å². The Morgan fingerprint density at radius 2 is 1.23 bits per heavy atom. The van der Waals surface area contributed by atoms with Crippen LogP contribution in [0.2, 0.25) is 0 Å². The van der Waals surface area contributed by atoms with E-state index in [4.69, 9.17) is 9.47 Å². The molecule has 214 valence electrons. The fraction of sp³-hybridized carbons (Fsp3) is 0.412. The van der Waals surface area contributed by atoms with Gasteiger partial charge in [0.2, 0.25) is 0 Å². The van der Waals surface area contributed by atoms with Crippen molar-refractivity contribution in [2.24, 2.45) is 5.92 Å². The lowest BCUT2D eigenvalue weighted by Crippen LogP contribution is -2.26. The molecule has 0 saturated carbocycles. The van der Waals surface area contributed by atoms with Crippen molar-refractivity contribution in [2.45, 2.75) is 71.5 Å². The number of rotatable bonds is 12. The zero-order valence-electron chi connectivity index (χ0n) is 23.3. The maximum absolute atomic E-state index is 15.1. The summed E-state index contributed by atoms with van der Waals surface area (Å²) in [7, 11) is 0. The topological polar surface area (TPSA) is 18.5 Å². The van der Waals surface area contributed by atoms with E-state index < -0.39 is 29.6 Å². The summed E-state index contributed by atoms with van der Waals surface area (Å²) >= 11 is 0. The van der Waals surface area contributed by atoms with Crippen LogP contribution >= 0.6 is 0 Å². The van der Waals surface area contributed by atoms with E-state index >= 15 is 4.39 Å². The van der Waals surface area contributed by atoms with Crippen molar-refractivity contribution in [3.63, 3.8) is 0 Å². The molecule has 0 bridgehead atoms. The summed E-state index contributed by atoms with van der Waals surface area (Å²) in [4.78, 5) is 0. The largest absolute Gasteiger partial charge is 0.348 e. The highest BCUT2D eigenvalue weighted by Gasteiger charge is 2.27. The van der Waals surface area contributed by atoms with Crippen molar-refractivity contribution in [3.8, 4) is 22.3 Å². The second-order valence-electron chi connectivity index (χ2n) is 10.5. The molecule has 3 aromatic rings. The molecule has 1 heterocycles. The summed E-state index contributed by atoms with van der Waals surface area (Å²) in [6.07, 6.45) is 11.2. The molecule has 3 aromatic carbocycles. The molecule has 1 fully saturated rings. The van der Waals surface area contributed by atoms with Gasteiger partial charge in [-0.1, -0.05) is 106 Å². The Balaban J connectivity index is 1.42. The van der Waals surface area contributed by atoms with Crippen LogP contribution in [0.5, 0.6) is 0 Å². The number of halogens is 4. The van der Waals surface area contributed by atoms with Gasteiger partial charge in [-0.15, -0.1) is 0 Å². The van der Waals surface area contributed by atoms with Gasteiger partial charge in [-0.3, -0.25) is 0 Å². The highest BCUT2D eigenvalue weighted by molar-refractivity contribution is 5.71. The molecule has 0 radical (unpaired) electrons. The van der Waals surface area contributed by atoms with Crippen molar-refractivity contribution in [1.29, 1.82) is 0 Å². The first-order chi connectivity index (χ1) is 19.4. The van der Waals surface area contributed by atoms with Crippen LogP contribution in [0.15, 0.2) is 60.7 Å². The molecule has 0 N–H and O–H groups in total. The lowest BCUT2D eigenvalue weighted by molar-refractivity contribution is -0.199. The smallest absolute Gasteiger partial charge is 0.186 e. The Hall–Kier alpha value is -2.96. The van der Waals surface area contributed by atoms with Gasteiger partial charge in [0.15, 0.2) is 29.6 Å². The number of benzene rings is 3. The molecule has 0 aromatic heterocycles. The van der Waals surface area contributed by atoms with Crippen LogP contribution in [-0.2, 0) is 15.9 Å². The third-order valence-electron chi connectivity index (χ3n) is 7.47. The van der Waals surface area contributed by atoms with Crippen LogP contribution in [0, 0.1) is 29.2 Å². The minimum Gasteiger partial charge on any atom is -0.348 e. The van der Waals surface area contributed by atoms with E-state index in [0.29, 0.717) is 36.3 Å². The van der Waals surface area contributed by atoms with Gasteiger partial charge in [-0.05, 0) is 36.5 Å². The quantitative estimate of drug-likeness (QED) is 0.126. The van der Waals surface area contributed by atoms with Gasteiger partial charge in [0.05, 0.1) is 13.2 Å². The molecule has 0 atom stereocenters. The first-order valence-corrected chi connectivity index (χ1v) is 14.4. The minimum absolute atomic E-state index is 0.00549. The Morgan fingerprint density at radius 1 is 0.675 bits per heavy atom. The van der Waals surface area contributed by atoms with Crippen LogP contribution in [0.4, 0.5) is 17.6 Å². The molecule has 0 spiro atoms. The van der Waals surface area contributed by atoms with Gasteiger partial charge in [0.1, 0.15) is 0 Å². The van der Waals surface area contributed by atoms with Crippen molar-refractivity contribution >= 4 is 0 Å². The Labute approximate surface area is 235 Å². The summed E-state index contributed by atoms with van der Waals surface area (Å²) in [5.41, 5.74) is 1.46. The molecule has 1 saturated heterocycles. The summed E-state index contributed by atoms with van der Waals surface area (Å²) in [5.74, 6) is -3.67. The molecular formula is C34H38F4O2. The van der Waals surface area contributed by atoms with E-state index in [0.717, 1.165) is 19.3 Å². The average molecular weight is 555 g/mol.